The molecule has 1 saturated carbocycles. The first-order valence-corrected chi connectivity index (χ1v) is 9.47. The molecule has 3 rings (SSSR count). The monoisotopic (exact) mass is 392 g/mol. The highest BCUT2D eigenvalue weighted by atomic mass is 16.5. The SMILES string of the molecule is O=CN(O)CC(C(=O)N1CCC[C@H]1C(=O)NC(=O)c1cnoc1)C1CCCC1. The first-order valence-electron chi connectivity index (χ1n) is 9.47. The molecule has 4 amide bonds. The Morgan fingerprint density at radius 2 is 2.07 bits per heavy atom. The summed E-state index contributed by atoms with van der Waals surface area (Å²) >= 11 is 0. The van der Waals surface area contributed by atoms with Gasteiger partial charge in [-0.25, -0.2) is 5.06 Å². The topological polar surface area (TPSA) is 133 Å². The van der Waals surface area contributed by atoms with E-state index in [4.69, 9.17) is 0 Å². The molecule has 2 aliphatic rings. The maximum Gasteiger partial charge on any atom is 0.262 e. The van der Waals surface area contributed by atoms with Crippen LogP contribution in [0.3, 0.4) is 0 Å². The van der Waals surface area contributed by atoms with Crippen LogP contribution < -0.4 is 5.32 Å². The molecule has 1 unspecified atom stereocenters. The van der Waals surface area contributed by atoms with Crippen LogP contribution in [-0.2, 0) is 14.4 Å². The van der Waals surface area contributed by atoms with Gasteiger partial charge in [0.05, 0.1) is 24.2 Å². The largest absolute Gasteiger partial charge is 0.364 e. The summed E-state index contributed by atoms with van der Waals surface area (Å²) < 4.78 is 4.59. The standard InChI is InChI=1S/C18H24N4O6/c23-11-21(27)9-14(12-4-1-2-5-12)18(26)22-7-3-6-15(22)17(25)20-16(24)13-8-19-28-10-13/h8,10-12,14-15,27H,1-7,9H2,(H,20,24,25)/t14?,15-/m0/s1. The predicted octanol–water partition coefficient (Wildman–Crippen LogP) is 0.576. The maximum atomic E-state index is 13.2. The van der Waals surface area contributed by atoms with E-state index < -0.39 is 23.8 Å². The van der Waals surface area contributed by atoms with Crippen molar-refractivity contribution in [3.05, 3.63) is 18.0 Å². The molecule has 2 N–H and O–H groups in total. The number of imide groups is 1. The minimum Gasteiger partial charge on any atom is -0.364 e. The van der Waals surface area contributed by atoms with E-state index in [1.54, 1.807) is 0 Å². The highest BCUT2D eigenvalue weighted by Crippen LogP contribution is 2.34. The van der Waals surface area contributed by atoms with E-state index in [0.717, 1.165) is 31.9 Å². The Balaban J connectivity index is 1.70. The van der Waals surface area contributed by atoms with Crippen molar-refractivity contribution in [2.24, 2.45) is 11.8 Å². The van der Waals surface area contributed by atoms with Gasteiger partial charge >= 0.3 is 0 Å². The summed E-state index contributed by atoms with van der Waals surface area (Å²) in [4.78, 5) is 50.2. The van der Waals surface area contributed by atoms with Gasteiger partial charge in [-0.2, -0.15) is 0 Å². The van der Waals surface area contributed by atoms with Crippen molar-refractivity contribution in [1.82, 2.24) is 20.4 Å². The molecule has 10 nitrogen and oxygen atoms in total. The van der Waals surface area contributed by atoms with E-state index in [0.29, 0.717) is 24.4 Å². The maximum absolute atomic E-state index is 13.2. The number of nitrogens with one attached hydrogen (secondary N) is 1. The third-order valence-corrected chi connectivity index (χ3v) is 5.56. The van der Waals surface area contributed by atoms with Crippen molar-refractivity contribution in [3.8, 4) is 0 Å². The van der Waals surface area contributed by atoms with Gasteiger partial charge in [0.2, 0.25) is 18.2 Å². The average molecular weight is 392 g/mol. The first-order chi connectivity index (χ1) is 13.5. The van der Waals surface area contributed by atoms with Gasteiger partial charge < -0.3 is 9.42 Å². The number of amides is 4. The number of likely N-dealkylation sites (tertiary alicyclic amines) is 1. The molecular formula is C18H24N4O6. The molecule has 2 atom stereocenters. The molecule has 0 radical (unpaired) electrons. The Kier molecular flexibility index (Phi) is 6.40. The van der Waals surface area contributed by atoms with Crippen LogP contribution in [0.15, 0.2) is 17.0 Å². The second kappa shape index (κ2) is 8.96. The summed E-state index contributed by atoms with van der Waals surface area (Å²) in [6.45, 7) is 0.297. The van der Waals surface area contributed by atoms with Crippen LogP contribution in [0.25, 0.3) is 0 Å². The molecule has 0 bridgehead atoms. The second-order valence-corrected chi connectivity index (χ2v) is 7.30. The first kappa shape index (κ1) is 20.0. The van der Waals surface area contributed by atoms with Crippen molar-refractivity contribution in [2.45, 2.75) is 44.6 Å². The van der Waals surface area contributed by atoms with Gasteiger partial charge in [-0.15, -0.1) is 0 Å². The van der Waals surface area contributed by atoms with Gasteiger partial charge in [0.25, 0.3) is 5.91 Å². The zero-order valence-electron chi connectivity index (χ0n) is 15.5. The lowest BCUT2D eigenvalue weighted by atomic mass is 9.89. The Labute approximate surface area is 161 Å². The summed E-state index contributed by atoms with van der Waals surface area (Å²) in [6, 6.07) is -0.761. The molecule has 0 aromatic carbocycles. The van der Waals surface area contributed by atoms with Crippen molar-refractivity contribution in [1.29, 1.82) is 0 Å². The molecule has 0 spiro atoms. The predicted molar refractivity (Wildman–Crippen MR) is 93.7 cm³/mol. The molecular weight excluding hydrogens is 368 g/mol. The third-order valence-electron chi connectivity index (χ3n) is 5.56. The van der Waals surface area contributed by atoms with Crippen molar-refractivity contribution >= 4 is 24.1 Å². The van der Waals surface area contributed by atoms with E-state index in [1.807, 2.05) is 0 Å². The molecule has 28 heavy (non-hydrogen) atoms. The van der Waals surface area contributed by atoms with Crippen LogP contribution in [0.4, 0.5) is 0 Å². The van der Waals surface area contributed by atoms with Gasteiger partial charge in [0.1, 0.15) is 12.3 Å². The number of carbonyl (C=O) groups is 4. The molecule has 2 fully saturated rings. The van der Waals surface area contributed by atoms with Gasteiger partial charge in [0.15, 0.2) is 0 Å². The van der Waals surface area contributed by atoms with Crippen LogP contribution in [0, 0.1) is 11.8 Å². The molecule has 1 aliphatic heterocycles. The average Bonchev–Trinajstić information content (AvgIpc) is 3.46. The minimum absolute atomic E-state index is 0.0602. The zero-order valence-corrected chi connectivity index (χ0v) is 15.5. The smallest absolute Gasteiger partial charge is 0.262 e. The number of carbonyl (C=O) groups excluding carboxylic acids is 4. The highest BCUT2D eigenvalue weighted by molar-refractivity contribution is 6.06. The van der Waals surface area contributed by atoms with Gasteiger partial charge in [0, 0.05) is 6.54 Å². The Morgan fingerprint density at radius 1 is 1.32 bits per heavy atom. The third kappa shape index (κ3) is 4.38. The number of nitrogens with zero attached hydrogens (tertiary/aromatic N) is 3. The van der Waals surface area contributed by atoms with Crippen LogP contribution in [0.2, 0.25) is 0 Å². The van der Waals surface area contributed by atoms with E-state index >= 15 is 0 Å². The van der Waals surface area contributed by atoms with Crippen molar-refractivity contribution in [2.75, 3.05) is 13.1 Å². The fourth-order valence-corrected chi connectivity index (χ4v) is 4.13. The van der Waals surface area contributed by atoms with Gasteiger partial charge in [-0.3, -0.25) is 29.7 Å². The lowest BCUT2D eigenvalue weighted by Crippen LogP contribution is -2.51. The van der Waals surface area contributed by atoms with E-state index in [1.165, 1.54) is 11.1 Å². The molecule has 10 heteroatoms. The molecule has 1 aromatic heterocycles. The molecule has 1 aromatic rings. The zero-order chi connectivity index (χ0) is 20.1. The number of hydrogen-bond acceptors (Lipinski definition) is 7. The van der Waals surface area contributed by atoms with Gasteiger partial charge in [-0.1, -0.05) is 18.0 Å². The van der Waals surface area contributed by atoms with Gasteiger partial charge in [-0.05, 0) is 31.6 Å². The Hall–Kier alpha value is -2.75. The number of aromatic nitrogens is 1. The fourth-order valence-electron chi connectivity index (χ4n) is 4.13. The molecule has 1 saturated heterocycles. The summed E-state index contributed by atoms with van der Waals surface area (Å²) in [6.07, 6.45) is 7.38. The number of hydrogen-bond donors (Lipinski definition) is 2. The second-order valence-electron chi connectivity index (χ2n) is 7.30. The Bertz CT molecular complexity index is 716. The lowest BCUT2D eigenvalue weighted by Gasteiger charge is -2.31. The molecule has 1 aliphatic carbocycles. The van der Waals surface area contributed by atoms with E-state index in [2.05, 4.69) is 15.0 Å². The van der Waals surface area contributed by atoms with Crippen LogP contribution in [0.1, 0.15) is 48.9 Å². The van der Waals surface area contributed by atoms with E-state index in [9.17, 15) is 24.4 Å². The quantitative estimate of drug-likeness (QED) is 0.300. The summed E-state index contributed by atoms with van der Waals surface area (Å²) in [5.41, 5.74) is 0.120. The Morgan fingerprint density at radius 3 is 2.71 bits per heavy atom. The molecule has 152 valence electrons. The highest BCUT2D eigenvalue weighted by Gasteiger charge is 2.41. The normalized spacial score (nSPS) is 20.8. The number of hydroxylamine groups is 2. The lowest BCUT2D eigenvalue weighted by molar-refractivity contribution is -0.159. The van der Waals surface area contributed by atoms with Crippen LogP contribution in [-0.4, -0.2) is 63.6 Å². The molecule has 2 heterocycles. The minimum atomic E-state index is -0.761. The van der Waals surface area contributed by atoms with Crippen molar-refractivity contribution in [3.63, 3.8) is 0 Å². The van der Waals surface area contributed by atoms with Crippen molar-refractivity contribution < 1.29 is 28.9 Å². The summed E-state index contributed by atoms with van der Waals surface area (Å²) in [5, 5.41) is 15.8. The fraction of sp³-hybridized carbons (Fsp3) is 0.611. The van der Waals surface area contributed by atoms with Crippen LogP contribution in [0.5, 0.6) is 0 Å². The number of rotatable bonds is 7. The van der Waals surface area contributed by atoms with E-state index in [-0.39, 0.29) is 30.3 Å². The van der Waals surface area contributed by atoms with Crippen LogP contribution >= 0.6 is 0 Å². The summed E-state index contributed by atoms with van der Waals surface area (Å²) in [5.74, 6) is -1.97. The summed E-state index contributed by atoms with van der Waals surface area (Å²) in [7, 11) is 0.